The van der Waals surface area contributed by atoms with Gasteiger partial charge >= 0.3 is 0 Å². The third-order valence-corrected chi connectivity index (χ3v) is 4.55. The maximum Gasteiger partial charge on any atom is 0.229 e. The number of nitrogens with two attached hydrogens (primary N) is 1. The van der Waals surface area contributed by atoms with Crippen molar-refractivity contribution in [3.63, 3.8) is 0 Å². The molecule has 23 heavy (non-hydrogen) atoms. The van der Waals surface area contributed by atoms with Crippen molar-refractivity contribution >= 4 is 34.4 Å². The predicted octanol–water partition coefficient (Wildman–Crippen LogP) is 3.53. The lowest BCUT2D eigenvalue weighted by atomic mass is 10.1. The summed E-state index contributed by atoms with van der Waals surface area (Å²) in [5, 5.41) is 2.55. The Labute approximate surface area is 140 Å². The highest BCUT2D eigenvalue weighted by Gasteiger charge is 2.14. The van der Waals surface area contributed by atoms with Crippen LogP contribution in [0.25, 0.3) is 10.8 Å². The van der Waals surface area contributed by atoms with E-state index >= 15 is 0 Å². The van der Waals surface area contributed by atoms with Gasteiger partial charge in [-0.15, -0.1) is 11.8 Å². The number of aromatic nitrogens is 3. The molecule has 2 aromatic carbocycles. The Kier molecular flexibility index (Phi) is 4.34. The van der Waals surface area contributed by atoms with Crippen LogP contribution in [0.2, 0.25) is 0 Å². The number of fused-ring (bicyclic) bond motifs is 1. The molecule has 6 heteroatoms. The van der Waals surface area contributed by atoms with Gasteiger partial charge in [-0.05, 0) is 29.8 Å². The van der Waals surface area contributed by atoms with Crippen LogP contribution >= 0.6 is 11.8 Å². The summed E-state index contributed by atoms with van der Waals surface area (Å²) in [5.41, 5.74) is 5.80. The quantitative estimate of drug-likeness (QED) is 0.740. The number of benzene rings is 2. The van der Waals surface area contributed by atoms with Crippen molar-refractivity contribution in [1.29, 1.82) is 0 Å². The van der Waals surface area contributed by atoms with E-state index < -0.39 is 0 Å². The Hall–Kier alpha value is -2.34. The summed E-state index contributed by atoms with van der Waals surface area (Å²) in [6.45, 7) is 2.08. The van der Waals surface area contributed by atoms with E-state index in [0.29, 0.717) is 11.8 Å². The van der Waals surface area contributed by atoms with Crippen LogP contribution in [0.15, 0.2) is 47.4 Å². The summed E-state index contributed by atoms with van der Waals surface area (Å²) in [6, 6.07) is 14.8. The smallest absolute Gasteiger partial charge is 0.229 e. The van der Waals surface area contributed by atoms with E-state index in [4.69, 9.17) is 5.73 Å². The Balaban J connectivity index is 1.86. The maximum absolute atomic E-state index is 5.80. The molecular weight excluding hydrogens is 306 g/mol. The van der Waals surface area contributed by atoms with Gasteiger partial charge in [-0.3, -0.25) is 0 Å². The standard InChI is InChI=1S/C17H19N5S/c1-11(15-19-16(18)21-17(20-15)22(2)3)23-14-9-8-12-6-4-5-7-13(12)10-14/h4-11H,1-3H3,(H2,18,19,20,21). The largest absolute Gasteiger partial charge is 0.368 e. The first-order chi connectivity index (χ1) is 11.0. The summed E-state index contributed by atoms with van der Waals surface area (Å²) in [6.07, 6.45) is 0. The number of anilines is 2. The van der Waals surface area contributed by atoms with Crippen LogP contribution in [0.1, 0.15) is 18.0 Å². The van der Waals surface area contributed by atoms with Crippen LogP contribution in [0, 0.1) is 0 Å². The Bertz CT molecular complexity index is 834. The lowest BCUT2D eigenvalue weighted by Gasteiger charge is -2.15. The van der Waals surface area contributed by atoms with E-state index in [9.17, 15) is 0 Å². The second-order valence-electron chi connectivity index (χ2n) is 5.52. The van der Waals surface area contributed by atoms with Crippen molar-refractivity contribution < 1.29 is 0 Å². The lowest BCUT2D eigenvalue weighted by Crippen LogP contribution is -2.16. The molecule has 0 aliphatic heterocycles. The van der Waals surface area contributed by atoms with E-state index in [2.05, 4.69) is 58.3 Å². The minimum Gasteiger partial charge on any atom is -0.368 e. The first-order valence-electron chi connectivity index (χ1n) is 7.37. The molecule has 0 fully saturated rings. The number of rotatable bonds is 4. The van der Waals surface area contributed by atoms with Crippen molar-refractivity contribution in [3.8, 4) is 0 Å². The zero-order valence-corrected chi connectivity index (χ0v) is 14.2. The van der Waals surface area contributed by atoms with Gasteiger partial charge in [0.1, 0.15) is 5.82 Å². The number of hydrogen-bond acceptors (Lipinski definition) is 6. The van der Waals surface area contributed by atoms with Gasteiger partial charge in [-0.2, -0.15) is 15.0 Å². The lowest BCUT2D eigenvalue weighted by molar-refractivity contribution is 0.865. The van der Waals surface area contributed by atoms with Gasteiger partial charge in [0.05, 0.1) is 5.25 Å². The predicted molar refractivity (Wildman–Crippen MR) is 96.8 cm³/mol. The first-order valence-corrected chi connectivity index (χ1v) is 8.25. The molecule has 0 aliphatic rings. The zero-order valence-electron chi connectivity index (χ0n) is 13.4. The molecular formula is C17H19N5S. The molecule has 0 aliphatic carbocycles. The van der Waals surface area contributed by atoms with Gasteiger partial charge in [0.15, 0.2) is 0 Å². The molecule has 0 bridgehead atoms. The van der Waals surface area contributed by atoms with E-state index in [1.165, 1.54) is 15.7 Å². The fourth-order valence-electron chi connectivity index (χ4n) is 2.28. The SMILES string of the molecule is CC(Sc1ccc2ccccc2c1)c1nc(N)nc(N(C)C)n1. The van der Waals surface area contributed by atoms with Gasteiger partial charge in [-0.1, -0.05) is 30.3 Å². The molecule has 1 unspecified atom stereocenters. The van der Waals surface area contributed by atoms with Crippen molar-refractivity contribution in [1.82, 2.24) is 15.0 Å². The summed E-state index contributed by atoms with van der Waals surface area (Å²) in [5.74, 6) is 1.53. The zero-order chi connectivity index (χ0) is 16.4. The van der Waals surface area contributed by atoms with E-state index in [1.54, 1.807) is 11.8 Å². The van der Waals surface area contributed by atoms with Crippen molar-refractivity contribution in [2.24, 2.45) is 0 Å². The van der Waals surface area contributed by atoms with E-state index in [-0.39, 0.29) is 11.2 Å². The highest BCUT2D eigenvalue weighted by molar-refractivity contribution is 7.99. The fourth-order valence-corrected chi connectivity index (χ4v) is 3.24. The monoisotopic (exact) mass is 325 g/mol. The molecule has 2 N–H and O–H groups in total. The first kappa shape index (κ1) is 15.6. The number of nitrogen functional groups attached to an aromatic ring is 1. The molecule has 1 atom stereocenters. The van der Waals surface area contributed by atoms with Crippen LogP contribution in [0.4, 0.5) is 11.9 Å². The Morgan fingerprint density at radius 3 is 2.48 bits per heavy atom. The highest BCUT2D eigenvalue weighted by Crippen LogP contribution is 2.35. The van der Waals surface area contributed by atoms with Gasteiger partial charge < -0.3 is 10.6 Å². The van der Waals surface area contributed by atoms with Crippen LogP contribution in [0.3, 0.4) is 0 Å². The van der Waals surface area contributed by atoms with Crippen molar-refractivity contribution in [3.05, 3.63) is 48.3 Å². The van der Waals surface area contributed by atoms with Gasteiger partial charge in [0, 0.05) is 19.0 Å². The molecule has 0 radical (unpaired) electrons. The van der Waals surface area contributed by atoms with E-state index in [1.807, 2.05) is 25.1 Å². The van der Waals surface area contributed by atoms with Crippen LogP contribution in [0.5, 0.6) is 0 Å². The number of hydrogen-bond donors (Lipinski definition) is 1. The molecule has 0 saturated heterocycles. The van der Waals surface area contributed by atoms with Crippen molar-refractivity contribution in [2.75, 3.05) is 24.7 Å². The molecule has 3 rings (SSSR count). The second-order valence-corrected chi connectivity index (χ2v) is 6.93. The number of thioether (sulfide) groups is 1. The van der Waals surface area contributed by atoms with Crippen LogP contribution in [-0.2, 0) is 0 Å². The molecule has 1 aromatic heterocycles. The normalized spacial score (nSPS) is 12.3. The molecule has 0 amide bonds. The molecule has 3 aromatic rings. The molecule has 5 nitrogen and oxygen atoms in total. The maximum atomic E-state index is 5.80. The molecule has 0 saturated carbocycles. The Morgan fingerprint density at radius 1 is 1.00 bits per heavy atom. The average molecular weight is 325 g/mol. The van der Waals surface area contributed by atoms with E-state index in [0.717, 1.165) is 0 Å². The van der Waals surface area contributed by atoms with Gasteiger partial charge in [-0.25, -0.2) is 0 Å². The second kappa shape index (κ2) is 6.42. The topological polar surface area (TPSA) is 67.9 Å². The highest BCUT2D eigenvalue weighted by atomic mass is 32.2. The third kappa shape index (κ3) is 3.53. The molecule has 0 spiro atoms. The molecule has 118 valence electrons. The van der Waals surface area contributed by atoms with Gasteiger partial charge in [0.2, 0.25) is 11.9 Å². The average Bonchev–Trinajstić information content (AvgIpc) is 2.54. The summed E-state index contributed by atoms with van der Waals surface area (Å²) < 4.78 is 0. The molecule has 1 heterocycles. The minimum absolute atomic E-state index is 0.0835. The van der Waals surface area contributed by atoms with Gasteiger partial charge in [0.25, 0.3) is 0 Å². The third-order valence-electron chi connectivity index (χ3n) is 3.46. The Morgan fingerprint density at radius 2 is 1.74 bits per heavy atom. The van der Waals surface area contributed by atoms with Crippen LogP contribution in [-0.4, -0.2) is 29.0 Å². The fraction of sp³-hybridized carbons (Fsp3) is 0.235. The minimum atomic E-state index is 0.0835. The van der Waals surface area contributed by atoms with Crippen molar-refractivity contribution in [2.45, 2.75) is 17.1 Å². The summed E-state index contributed by atoms with van der Waals surface area (Å²) in [4.78, 5) is 15.9. The number of nitrogens with zero attached hydrogens (tertiary/aromatic N) is 4. The summed E-state index contributed by atoms with van der Waals surface area (Å²) in [7, 11) is 3.78. The van der Waals surface area contributed by atoms with Crippen LogP contribution < -0.4 is 10.6 Å². The summed E-state index contributed by atoms with van der Waals surface area (Å²) >= 11 is 1.71.